The molecule has 0 unspecified atom stereocenters. The summed E-state index contributed by atoms with van der Waals surface area (Å²) in [5.74, 6) is -1.42. The summed E-state index contributed by atoms with van der Waals surface area (Å²) in [7, 11) is 1.72. The molecule has 13 heteroatoms. The highest BCUT2D eigenvalue weighted by Crippen LogP contribution is 2.43. The Bertz CT molecular complexity index is 1580. The van der Waals surface area contributed by atoms with E-state index in [2.05, 4.69) is 25.6 Å². The Kier molecular flexibility index (Phi) is 5.65. The Morgan fingerprint density at radius 3 is 2.69 bits per heavy atom. The molecule has 0 atom stereocenters. The van der Waals surface area contributed by atoms with Crippen molar-refractivity contribution >= 4 is 50.4 Å². The number of aromatic amines is 1. The van der Waals surface area contributed by atoms with Gasteiger partial charge in [-0.25, -0.2) is 13.8 Å². The van der Waals surface area contributed by atoms with Gasteiger partial charge in [0.1, 0.15) is 15.4 Å². The van der Waals surface area contributed by atoms with Crippen molar-refractivity contribution in [1.82, 2.24) is 25.0 Å². The number of halogens is 2. The molecule has 2 amide bonds. The lowest BCUT2D eigenvalue weighted by Crippen LogP contribution is -2.17. The lowest BCUT2D eigenvalue weighted by molar-refractivity contribution is 0.100. The lowest BCUT2D eigenvalue weighted by atomic mass is 10.0. The molecular weight excluding hydrogens is 496 g/mol. The third-order valence-electron chi connectivity index (χ3n) is 5.49. The number of hydrogen-bond donors (Lipinski definition) is 3. The number of hydrogen-bond acceptors (Lipinski definition) is 7. The highest BCUT2D eigenvalue weighted by molar-refractivity contribution is 7.21. The number of carbonyl (C=O) groups is 2. The molecule has 0 fully saturated rings. The zero-order valence-corrected chi connectivity index (χ0v) is 19.9. The van der Waals surface area contributed by atoms with Crippen molar-refractivity contribution in [2.24, 2.45) is 12.8 Å². The van der Waals surface area contributed by atoms with E-state index in [0.717, 1.165) is 16.2 Å². The Balaban J connectivity index is 1.67. The maximum absolute atomic E-state index is 13.7. The number of alkyl halides is 2. The first-order valence-electron chi connectivity index (χ1n) is 10.2. The first-order valence-corrected chi connectivity index (χ1v) is 11.9. The van der Waals surface area contributed by atoms with Gasteiger partial charge in [0, 0.05) is 23.7 Å². The van der Waals surface area contributed by atoms with Crippen molar-refractivity contribution in [3.05, 3.63) is 57.8 Å². The molecule has 0 bridgehead atoms. The minimum absolute atomic E-state index is 0.0101. The van der Waals surface area contributed by atoms with Crippen molar-refractivity contribution in [2.75, 3.05) is 5.32 Å². The highest BCUT2D eigenvalue weighted by atomic mass is 32.1. The fourth-order valence-corrected chi connectivity index (χ4v) is 5.38. The van der Waals surface area contributed by atoms with Crippen molar-refractivity contribution in [3.8, 4) is 21.7 Å². The number of anilines is 1. The number of pyridine rings is 1. The molecule has 0 saturated heterocycles. The SMILES string of the molecule is Cc1c(-c2cc(C(F)F)nc3sc(C(N)=O)c(NC(=O)c4cc(-c5cccs5)[nH]n4)c23)cnn1C. The van der Waals surface area contributed by atoms with E-state index in [1.54, 1.807) is 24.7 Å². The number of aromatic nitrogens is 5. The van der Waals surface area contributed by atoms with Crippen LogP contribution in [-0.2, 0) is 7.05 Å². The van der Waals surface area contributed by atoms with Crippen LogP contribution in [0.15, 0.2) is 35.8 Å². The lowest BCUT2D eigenvalue weighted by Gasteiger charge is -2.10. The maximum atomic E-state index is 13.7. The van der Waals surface area contributed by atoms with Crippen LogP contribution in [-0.4, -0.2) is 36.8 Å². The number of H-pyrrole nitrogens is 1. The quantitative estimate of drug-likeness (QED) is 0.302. The molecule has 0 aliphatic rings. The fraction of sp³-hybridized carbons (Fsp3) is 0.136. The molecule has 9 nitrogen and oxygen atoms in total. The normalized spacial score (nSPS) is 11.5. The van der Waals surface area contributed by atoms with Crippen LogP contribution in [0.25, 0.3) is 31.9 Å². The molecule has 35 heavy (non-hydrogen) atoms. The number of rotatable bonds is 6. The smallest absolute Gasteiger partial charge is 0.280 e. The van der Waals surface area contributed by atoms with Crippen LogP contribution in [0.4, 0.5) is 14.5 Å². The predicted molar refractivity (Wildman–Crippen MR) is 130 cm³/mol. The van der Waals surface area contributed by atoms with E-state index in [4.69, 9.17) is 5.73 Å². The molecule has 178 valence electrons. The molecule has 0 aliphatic heterocycles. The third-order valence-corrected chi connectivity index (χ3v) is 7.49. The molecule has 0 aliphatic carbocycles. The first kappa shape index (κ1) is 22.8. The molecule has 0 radical (unpaired) electrons. The summed E-state index contributed by atoms with van der Waals surface area (Å²) in [4.78, 5) is 30.5. The highest BCUT2D eigenvalue weighted by Gasteiger charge is 2.27. The zero-order chi connectivity index (χ0) is 24.9. The summed E-state index contributed by atoms with van der Waals surface area (Å²) in [6.45, 7) is 1.78. The Hall–Kier alpha value is -3.97. The largest absolute Gasteiger partial charge is 0.365 e. The number of nitrogens with zero attached hydrogens (tertiary/aromatic N) is 4. The minimum atomic E-state index is -2.84. The van der Waals surface area contributed by atoms with Gasteiger partial charge >= 0.3 is 0 Å². The molecule has 4 N–H and O–H groups in total. The Morgan fingerprint density at radius 1 is 1.26 bits per heavy atom. The van der Waals surface area contributed by atoms with Crippen molar-refractivity contribution < 1.29 is 18.4 Å². The summed E-state index contributed by atoms with van der Waals surface area (Å²) in [6.07, 6.45) is -1.31. The van der Waals surface area contributed by atoms with Gasteiger partial charge in [0.05, 0.1) is 22.5 Å². The van der Waals surface area contributed by atoms with Gasteiger partial charge in [-0.05, 0) is 36.1 Å². The van der Waals surface area contributed by atoms with Gasteiger partial charge in [0.25, 0.3) is 18.2 Å². The molecule has 5 rings (SSSR count). The van der Waals surface area contributed by atoms with E-state index in [1.807, 2.05) is 17.5 Å². The van der Waals surface area contributed by atoms with Gasteiger partial charge in [-0.15, -0.1) is 22.7 Å². The molecule has 0 saturated carbocycles. The minimum Gasteiger partial charge on any atom is -0.365 e. The molecule has 0 spiro atoms. The average Bonchev–Trinajstić information content (AvgIpc) is 3.61. The second-order valence-corrected chi connectivity index (χ2v) is 9.56. The molecule has 5 aromatic rings. The van der Waals surface area contributed by atoms with Crippen molar-refractivity contribution in [2.45, 2.75) is 13.3 Å². The molecular formula is C22H17F2N7O2S2. The standard InChI is InChI=1S/C22H17F2N7O2S2/c1-9-11(8-26-31(9)2)10-6-13(19(23)24)27-22-16(10)17(18(35-22)20(25)32)28-21(33)14-7-12(29-30-14)15-4-3-5-34-15/h3-8,19H,1-2H3,(H2,25,32)(H,28,33)(H,29,30). The molecule has 5 heterocycles. The van der Waals surface area contributed by atoms with Gasteiger partial charge in [-0.3, -0.25) is 19.4 Å². The number of fused-ring (bicyclic) bond motifs is 1. The van der Waals surface area contributed by atoms with Gasteiger partial charge in [0.15, 0.2) is 5.69 Å². The van der Waals surface area contributed by atoms with Crippen LogP contribution < -0.4 is 11.1 Å². The number of primary amides is 1. The predicted octanol–water partition coefficient (Wildman–Crippen LogP) is 4.75. The Morgan fingerprint density at radius 2 is 2.06 bits per heavy atom. The Labute approximate surface area is 204 Å². The summed E-state index contributed by atoms with van der Waals surface area (Å²) < 4.78 is 28.9. The zero-order valence-electron chi connectivity index (χ0n) is 18.3. The van der Waals surface area contributed by atoms with E-state index in [-0.39, 0.29) is 21.1 Å². The van der Waals surface area contributed by atoms with Crippen LogP contribution in [0.1, 0.15) is 38.0 Å². The topological polar surface area (TPSA) is 132 Å². The number of amides is 2. The van der Waals surface area contributed by atoms with E-state index >= 15 is 0 Å². The van der Waals surface area contributed by atoms with Crippen LogP contribution in [0, 0.1) is 6.92 Å². The van der Waals surface area contributed by atoms with Gasteiger partial charge in [0.2, 0.25) is 0 Å². The monoisotopic (exact) mass is 513 g/mol. The summed E-state index contributed by atoms with van der Waals surface area (Å²) in [5, 5.41) is 16.0. The summed E-state index contributed by atoms with van der Waals surface area (Å²) in [6, 6.07) is 6.58. The van der Waals surface area contributed by atoms with Crippen LogP contribution in [0.3, 0.4) is 0 Å². The van der Waals surface area contributed by atoms with Crippen molar-refractivity contribution in [1.29, 1.82) is 0 Å². The van der Waals surface area contributed by atoms with Crippen LogP contribution >= 0.6 is 22.7 Å². The maximum Gasteiger partial charge on any atom is 0.280 e. The number of nitrogens with one attached hydrogen (secondary N) is 2. The van der Waals surface area contributed by atoms with Crippen LogP contribution in [0.5, 0.6) is 0 Å². The number of carbonyl (C=O) groups excluding carboxylic acids is 2. The van der Waals surface area contributed by atoms with Gasteiger partial charge in [-0.1, -0.05) is 6.07 Å². The second kappa shape index (κ2) is 8.67. The number of nitrogens with two attached hydrogens (primary N) is 1. The van der Waals surface area contributed by atoms with E-state index in [1.165, 1.54) is 23.6 Å². The summed E-state index contributed by atoms with van der Waals surface area (Å²) >= 11 is 2.32. The second-order valence-electron chi connectivity index (χ2n) is 7.61. The number of thiophene rings is 2. The van der Waals surface area contributed by atoms with Crippen molar-refractivity contribution in [3.63, 3.8) is 0 Å². The third kappa shape index (κ3) is 3.98. The average molecular weight is 514 g/mol. The molecule has 5 aromatic heterocycles. The van der Waals surface area contributed by atoms with Gasteiger partial charge in [-0.2, -0.15) is 10.2 Å². The molecule has 0 aromatic carbocycles. The summed E-state index contributed by atoms with van der Waals surface area (Å²) in [5.41, 5.74) is 7.58. The van der Waals surface area contributed by atoms with E-state index < -0.39 is 23.9 Å². The van der Waals surface area contributed by atoms with Crippen LogP contribution in [0.2, 0.25) is 0 Å². The van der Waals surface area contributed by atoms with E-state index in [0.29, 0.717) is 27.9 Å². The fourth-order valence-electron chi connectivity index (χ4n) is 3.67. The van der Waals surface area contributed by atoms with E-state index in [9.17, 15) is 18.4 Å². The first-order chi connectivity index (χ1) is 16.7. The van der Waals surface area contributed by atoms with Gasteiger partial charge < -0.3 is 11.1 Å². The number of aryl methyl sites for hydroxylation is 1.